The van der Waals surface area contributed by atoms with E-state index >= 15 is 0 Å². The lowest BCUT2D eigenvalue weighted by Crippen LogP contribution is -2.15. The molecule has 1 amide bonds. The number of benzene rings is 1. The van der Waals surface area contributed by atoms with Crippen LogP contribution in [0.5, 0.6) is 11.5 Å². The third-order valence-electron chi connectivity index (χ3n) is 3.11. The number of thioether (sulfide) groups is 1. The van der Waals surface area contributed by atoms with Crippen LogP contribution in [0.15, 0.2) is 23.5 Å². The second-order valence-corrected chi connectivity index (χ2v) is 5.68. The normalized spacial score (nSPS) is 10.3. The molecule has 0 saturated carbocycles. The molecule has 2 aromatic rings. The van der Waals surface area contributed by atoms with Crippen LogP contribution in [-0.4, -0.2) is 36.4 Å². The SMILES string of the molecule is COc1cc(OC)c(NC(=O)c2cnc(SC)nc2C)cc1Cl. The number of aromatic nitrogens is 2. The Labute approximate surface area is 143 Å². The van der Waals surface area contributed by atoms with Crippen LogP contribution < -0.4 is 14.8 Å². The van der Waals surface area contributed by atoms with Crippen molar-refractivity contribution in [3.05, 3.63) is 34.6 Å². The van der Waals surface area contributed by atoms with Crippen LogP contribution in [0, 0.1) is 6.92 Å². The van der Waals surface area contributed by atoms with Gasteiger partial charge in [0.2, 0.25) is 0 Å². The van der Waals surface area contributed by atoms with Crippen molar-refractivity contribution < 1.29 is 14.3 Å². The van der Waals surface area contributed by atoms with Crippen molar-refractivity contribution in [1.29, 1.82) is 0 Å². The number of ether oxygens (including phenoxy) is 2. The smallest absolute Gasteiger partial charge is 0.259 e. The lowest BCUT2D eigenvalue weighted by atomic mass is 10.2. The van der Waals surface area contributed by atoms with Crippen LogP contribution >= 0.6 is 23.4 Å². The van der Waals surface area contributed by atoms with Gasteiger partial charge >= 0.3 is 0 Å². The van der Waals surface area contributed by atoms with E-state index in [9.17, 15) is 4.79 Å². The van der Waals surface area contributed by atoms with Crippen molar-refractivity contribution in [2.45, 2.75) is 12.1 Å². The summed E-state index contributed by atoms with van der Waals surface area (Å²) in [5, 5.41) is 3.74. The van der Waals surface area contributed by atoms with Crippen LogP contribution in [0.3, 0.4) is 0 Å². The number of carbonyl (C=O) groups excluding carboxylic acids is 1. The maximum Gasteiger partial charge on any atom is 0.259 e. The molecule has 0 aliphatic heterocycles. The second kappa shape index (κ2) is 7.52. The zero-order valence-corrected chi connectivity index (χ0v) is 14.7. The highest BCUT2D eigenvalue weighted by Crippen LogP contribution is 2.36. The standard InChI is InChI=1S/C15H16ClN3O3S/c1-8-9(7-17-15(18-8)23-4)14(20)19-11-5-10(16)12(21-2)6-13(11)22-3/h5-7H,1-4H3,(H,19,20). The molecule has 1 heterocycles. The van der Waals surface area contributed by atoms with E-state index in [2.05, 4.69) is 15.3 Å². The highest BCUT2D eigenvalue weighted by molar-refractivity contribution is 7.98. The van der Waals surface area contributed by atoms with Gasteiger partial charge in [0.15, 0.2) is 5.16 Å². The quantitative estimate of drug-likeness (QED) is 0.655. The topological polar surface area (TPSA) is 73.3 Å². The van der Waals surface area contributed by atoms with Gasteiger partial charge in [-0.1, -0.05) is 23.4 Å². The van der Waals surface area contributed by atoms with Crippen LogP contribution in [0.25, 0.3) is 0 Å². The molecule has 0 saturated heterocycles. The van der Waals surface area contributed by atoms with Crippen LogP contribution in [-0.2, 0) is 0 Å². The van der Waals surface area contributed by atoms with E-state index in [-0.39, 0.29) is 5.91 Å². The van der Waals surface area contributed by atoms with Crippen molar-refractivity contribution >= 4 is 35.0 Å². The van der Waals surface area contributed by atoms with Gasteiger partial charge in [-0.3, -0.25) is 4.79 Å². The summed E-state index contributed by atoms with van der Waals surface area (Å²) in [6, 6.07) is 3.18. The van der Waals surface area contributed by atoms with Gasteiger partial charge in [-0.2, -0.15) is 0 Å². The lowest BCUT2D eigenvalue weighted by molar-refractivity contribution is 0.102. The lowest BCUT2D eigenvalue weighted by Gasteiger charge is -2.13. The largest absolute Gasteiger partial charge is 0.495 e. The average Bonchev–Trinajstić information content (AvgIpc) is 2.54. The first-order valence-corrected chi connectivity index (χ1v) is 8.21. The monoisotopic (exact) mass is 353 g/mol. The molecule has 1 aromatic carbocycles. The first kappa shape index (κ1) is 17.4. The Morgan fingerprint density at radius 3 is 2.52 bits per heavy atom. The predicted molar refractivity (Wildman–Crippen MR) is 91.1 cm³/mol. The minimum Gasteiger partial charge on any atom is -0.495 e. The van der Waals surface area contributed by atoms with Gasteiger partial charge < -0.3 is 14.8 Å². The van der Waals surface area contributed by atoms with Crippen molar-refractivity contribution in [3.63, 3.8) is 0 Å². The second-order valence-electron chi connectivity index (χ2n) is 4.50. The third kappa shape index (κ3) is 3.86. The minimum absolute atomic E-state index is 0.338. The Morgan fingerprint density at radius 1 is 1.26 bits per heavy atom. The predicted octanol–water partition coefficient (Wildman–Crippen LogP) is 3.43. The molecule has 0 aliphatic carbocycles. The first-order chi connectivity index (χ1) is 11.0. The van der Waals surface area contributed by atoms with E-state index in [1.54, 1.807) is 19.1 Å². The summed E-state index contributed by atoms with van der Waals surface area (Å²) in [4.78, 5) is 20.8. The Kier molecular flexibility index (Phi) is 5.68. The molecule has 122 valence electrons. The zero-order chi connectivity index (χ0) is 17.0. The fourth-order valence-electron chi connectivity index (χ4n) is 1.91. The Bertz CT molecular complexity index is 740. The summed E-state index contributed by atoms with van der Waals surface area (Å²) >= 11 is 7.51. The maximum absolute atomic E-state index is 12.4. The molecule has 2 rings (SSSR count). The highest BCUT2D eigenvalue weighted by Gasteiger charge is 2.16. The number of methoxy groups -OCH3 is 2. The number of nitrogens with zero attached hydrogens (tertiary/aromatic N) is 2. The van der Waals surface area contributed by atoms with Crippen molar-refractivity contribution in [1.82, 2.24) is 9.97 Å². The molecule has 0 bridgehead atoms. The molecular formula is C15H16ClN3O3S. The number of amides is 1. The molecule has 1 N–H and O–H groups in total. The molecule has 1 aromatic heterocycles. The van der Waals surface area contributed by atoms with Gasteiger partial charge in [0.05, 0.1) is 36.2 Å². The Morgan fingerprint density at radius 2 is 1.96 bits per heavy atom. The first-order valence-electron chi connectivity index (χ1n) is 6.60. The molecule has 0 atom stereocenters. The zero-order valence-electron chi connectivity index (χ0n) is 13.1. The third-order valence-corrected chi connectivity index (χ3v) is 3.96. The number of aryl methyl sites for hydroxylation is 1. The fraction of sp³-hybridized carbons (Fsp3) is 0.267. The summed E-state index contributed by atoms with van der Waals surface area (Å²) in [7, 11) is 3.01. The van der Waals surface area contributed by atoms with E-state index < -0.39 is 0 Å². The van der Waals surface area contributed by atoms with Gasteiger partial charge in [0, 0.05) is 12.3 Å². The molecule has 0 spiro atoms. The van der Waals surface area contributed by atoms with Gasteiger partial charge in [-0.15, -0.1) is 0 Å². The minimum atomic E-state index is -0.338. The molecule has 0 fully saturated rings. The average molecular weight is 354 g/mol. The number of anilines is 1. The van der Waals surface area contributed by atoms with Gasteiger partial charge in [0.25, 0.3) is 5.91 Å². The Hall–Kier alpha value is -1.99. The number of halogens is 1. The van der Waals surface area contributed by atoms with Gasteiger partial charge in [-0.25, -0.2) is 9.97 Å². The number of nitrogens with one attached hydrogen (secondary N) is 1. The number of rotatable bonds is 5. The molecule has 8 heteroatoms. The summed E-state index contributed by atoms with van der Waals surface area (Å²) in [5.74, 6) is 0.568. The summed E-state index contributed by atoms with van der Waals surface area (Å²) in [6.45, 7) is 1.76. The maximum atomic E-state index is 12.4. The summed E-state index contributed by atoms with van der Waals surface area (Å²) in [6.07, 6.45) is 3.37. The van der Waals surface area contributed by atoms with Crippen LogP contribution in [0.2, 0.25) is 5.02 Å². The highest BCUT2D eigenvalue weighted by atomic mass is 35.5. The molecule has 6 nitrogen and oxygen atoms in total. The van der Waals surface area contributed by atoms with E-state index in [1.807, 2.05) is 6.26 Å². The number of carbonyl (C=O) groups is 1. The fourth-order valence-corrected chi connectivity index (χ4v) is 2.54. The van der Waals surface area contributed by atoms with Gasteiger partial charge in [-0.05, 0) is 19.2 Å². The van der Waals surface area contributed by atoms with E-state index in [1.165, 1.54) is 32.2 Å². The number of hydrogen-bond acceptors (Lipinski definition) is 6. The molecule has 0 aliphatic rings. The van der Waals surface area contributed by atoms with E-state index in [4.69, 9.17) is 21.1 Å². The van der Waals surface area contributed by atoms with Crippen LogP contribution in [0.1, 0.15) is 16.1 Å². The molecule has 0 radical (unpaired) electrons. The van der Waals surface area contributed by atoms with E-state index in [0.717, 1.165) is 0 Å². The van der Waals surface area contributed by atoms with Crippen molar-refractivity contribution in [3.8, 4) is 11.5 Å². The van der Waals surface area contributed by atoms with Gasteiger partial charge in [0.1, 0.15) is 11.5 Å². The molecule has 23 heavy (non-hydrogen) atoms. The molecule has 0 unspecified atom stereocenters. The van der Waals surface area contributed by atoms with Crippen molar-refractivity contribution in [2.75, 3.05) is 25.8 Å². The summed E-state index contributed by atoms with van der Waals surface area (Å²) in [5.41, 5.74) is 1.42. The van der Waals surface area contributed by atoms with Crippen molar-refractivity contribution in [2.24, 2.45) is 0 Å². The number of hydrogen-bond donors (Lipinski definition) is 1. The Balaban J connectivity index is 2.31. The summed E-state index contributed by atoms with van der Waals surface area (Å²) < 4.78 is 10.4. The van der Waals surface area contributed by atoms with Crippen LogP contribution in [0.4, 0.5) is 5.69 Å². The molecular weight excluding hydrogens is 338 g/mol. The van der Waals surface area contributed by atoms with E-state index in [0.29, 0.717) is 38.6 Å².